The Hall–Kier alpha value is -2.00. The summed E-state index contributed by atoms with van der Waals surface area (Å²) in [5.41, 5.74) is 1.37. The summed E-state index contributed by atoms with van der Waals surface area (Å²) >= 11 is 0. The summed E-state index contributed by atoms with van der Waals surface area (Å²) in [6, 6.07) is 13.0. The third-order valence-corrected chi connectivity index (χ3v) is 5.57. The molecule has 1 aliphatic heterocycles. The Bertz CT molecular complexity index is 967. The molecule has 0 saturated carbocycles. The summed E-state index contributed by atoms with van der Waals surface area (Å²) in [4.78, 5) is 0. The summed E-state index contributed by atoms with van der Waals surface area (Å²) in [7, 11) is -2.02. The van der Waals surface area contributed by atoms with E-state index < -0.39 is 27.8 Å². The zero-order valence-electron chi connectivity index (χ0n) is 17.5. The quantitative estimate of drug-likeness (QED) is 0.592. The van der Waals surface area contributed by atoms with Crippen molar-refractivity contribution in [1.29, 1.82) is 0 Å². The average molecular weight is 457 g/mol. The number of hydrogen-bond acceptors (Lipinski definition) is 6. The van der Waals surface area contributed by atoms with E-state index in [1.807, 2.05) is 18.2 Å². The van der Waals surface area contributed by atoms with Crippen molar-refractivity contribution in [2.75, 3.05) is 24.6 Å². The molecule has 0 unspecified atom stereocenters. The van der Waals surface area contributed by atoms with Gasteiger partial charge in [-0.05, 0) is 38.4 Å². The van der Waals surface area contributed by atoms with Crippen molar-refractivity contribution < 1.29 is 23.0 Å². The van der Waals surface area contributed by atoms with Crippen molar-refractivity contribution in [3.8, 4) is 11.5 Å². The minimum atomic E-state index is -3.48. The number of methoxy groups -OCH3 is 1. The molecular formula is C21H29ClN2O5S. The number of aliphatic hydroxyl groups excluding tert-OH is 1. The summed E-state index contributed by atoms with van der Waals surface area (Å²) in [6.45, 7) is 4.27. The Kier molecular flexibility index (Phi) is 7.63. The van der Waals surface area contributed by atoms with Crippen LogP contribution in [0, 0.1) is 0 Å². The van der Waals surface area contributed by atoms with Crippen LogP contribution in [0.3, 0.4) is 0 Å². The molecule has 0 amide bonds. The Morgan fingerprint density at radius 2 is 1.87 bits per heavy atom. The molecule has 2 aromatic rings. The molecule has 0 radical (unpaired) electrons. The lowest BCUT2D eigenvalue weighted by molar-refractivity contribution is -0.0644. The van der Waals surface area contributed by atoms with E-state index in [9.17, 15) is 13.5 Å². The van der Waals surface area contributed by atoms with Crippen LogP contribution in [0.2, 0.25) is 0 Å². The highest BCUT2D eigenvalue weighted by Gasteiger charge is 2.43. The molecule has 9 heteroatoms. The first kappa shape index (κ1) is 24.3. The number of halogens is 1. The first-order valence-corrected chi connectivity index (χ1v) is 11.3. The minimum absolute atomic E-state index is 0. The van der Waals surface area contributed by atoms with Crippen molar-refractivity contribution in [3.63, 3.8) is 0 Å². The van der Waals surface area contributed by atoms with Gasteiger partial charge >= 0.3 is 0 Å². The van der Waals surface area contributed by atoms with Crippen molar-refractivity contribution in [3.05, 3.63) is 53.6 Å². The van der Waals surface area contributed by atoms with Crippen LogP contribution in [-0.2, 0) is 16.4 Å². The highest BCUT2D eigenvalue weighted by Crippen LogP contribution is 2.44. The summed E-state index contributed by atoms with van der Waals surface area (Å²) in [5.74, 6) is 0.865. The van der Waals surface area contributed by atoms with Crippen LogP contribution in [0.15, 0.2) is 42.5 Å². The van der Waals surface area contributed by atoms with Gasteiger partial charge in [0.25, 0.3) is 0 Å². The third kappa shape index (κ3) is 5.57. The molecule has 3 N–H and O–H groups in total. The Morgan fingerprint density at radius 1 is 1.20 bits per heavy atom. The van der Waals surface area contributed by atoms with Crippen molar-refractivity contribution in [1.82, 2.24) is 5.32 Å². The van der Waals surface area contributed by atoms with Crippen LogP contribution >= 0.6 is 12.4 Å². The normalized spacial score (nSPS) is 19.8. The van der Waals surface area contributed by atoms with E-state index in [1.54, 1.807) is 26.0 Å². The lowest BCUT2D eigenvalue weighted by Crippen LogP contribution is -2.52. The van der Waals surface area contributed by atoms with Crippen LogP contribution in [0.25, 0.3) is 0 Å². The average Bonchev–Trinajstić information content (AvgIpc) is 2.64. The molecule has 0 aromatic heterocycles. The van der Waals surface area contributed by atoms with Crippen LogP contribution in [0.5, 0.6) is 11.5 Å². The largest absolute Gasteiger partial charge is 0.495 e. The van der Waals surface area contributed by atoms with Crippen LogP contribution in [0.4, 0.5) is 5.69 Å². The van der Waals surface area contributed by atoms with Crippen molar-refractivity contribution >= 4 is 28.1 Å². The predicted molar refractivity (Wildman–Crippen MR) is 120 cm³/mol. The van der Waals surface area contributed by atoms with E-state index in [1.165, 1.54) is 12.7 Å². The van der Waals surface area contributed by atoms with Crippen LogP contribution in [-0.4, -0.2) is 45.1 Å². The molecule has 2 aromatic carbocycles. The molecule has 0 saturated heterocycles. The smallest absolute Gasteiger partial charge is 0.229 e. The van der Waals surface area contributed by atoms with Crippen LogP contribution < -0.4 is 19.5 Å². The van der Waals surface area contributed by atoms with Gasteiger partial charge in [0.2, 0.25) is 10.0 Å². The maximum absolute atomic E-state index is 11.7. The van der Waals surface area contributed by atoms with E-state index >= 15 is 0 Å². The number of sulfonamides is 1. The first-order chi connectivity index (χ1) is 13.6. The molecule has 2 atom stereocenters. The number of fused-ring (bicyclic) bond motifs is 1. The van der Waals surface area contributed by atoms with Gasteiger partial charge in [0.05, 0.1) is 25.1 Å². The fourth-order valence-electron chi connectivity index (χ4n) is 3.51. The molecule has 166 valence electrons. The van der Waals surface area contributed by atoms with Crippen molar-refractivity contribution in [2.45, 2.75) is 38.0 Å². The molecule has 0 fully saturated rings. The van der Waals surface area contributed by atoms with Gasteiger partial charge in [-0.15, -0.1) is 12.4 Å². The topological polar surface area (TPSA) is 96.9 Å². The summed E-state index contributed by atoms with van der Waals surface area (Å²) in [5, 5.41) is 14.3. The number of rotatable bonds is 7. The number of ether oxygens (including phenoxy) is 2. The Labute approximate surface area is 184 Å². The molecular weight excluding hydrogens is 428 g/mol. The van der Waals surface area contributed by atoms with Gasteiger partial charge in [-0.1, -0.05) is 30.3 Å². The van der Waals surface area contributed by atoms with E-state index in [2.05, 4.69) is 22.2 Å². The van der Waals surface area contributed by atoms with Gasteiger partial charge < -0.3 is 19.9 Å². The predicted octanol–water partition coefficient (Wildman–Crippen LogP) is 2.89. The maximum Gasteiger partial charge on any atom is 0.229 e. The van der Waals surface area contributed by atoms with E-state index in [-0.39, 0.29) is 12.4 Å². The highest BCUT2D eigenvalue weighted by molar-refractivity contribution is 7.92. The number of anilines is 1. The second-order valence-corrected chi connectivity index (χ2v) is 9.53. The summed E-state index contributed by atoms with van der Waals surface area (Å²) < 4.78 is 37.2. The van der Waals surface area contributed by atoms with Gasteiger partial charge in [-0.25, -0.2) is 8.42 Å². The monoisotopic (exact) mass is 456 g/mol. The van der Waals surface area contributed by atoms with Gasteiger partial charge in [-0.2, -0.15) is 0 Å². The van der Waals surface area contributed by atoms with Gasteiger partial charge in [0.15, 0.2) is 0 Å². The highest BCUT2D eigenvalue weighted by atomic mass is 35.5. The maximum atomic E-state index is 11.7. The molecule has 30 heavy (non-hydrogen) atoms. The van der Waals surface area contributed by atoms with E-state index in [4.69, 9.17) is 9.47 Å². The number of nitrogens with one attached hydrogen (secondary N) is 2. The Balaban J connectivity index is 0.00000320. The SMILES string of the molecule is COc1cc2c(cc1NS(C)(=O)=O)OC(C)(C)[C@H](O)[C@H]2NCCc1ccccc1.Cl. The van der Waals surface area contributed by atoms with E-state index in [0.29, 0.717) is 23.7 Å². The number of aliphatic hydroxyl groups is 1. The fraction of sp³-hybridized carbons (Fsp3) is 0.429. The molecule has 0 aliphatic carbocycles. The zero-order valence-corrected chi connectivity index (χ0v) is 19.1. The molecule has 3 rings (SSSR count). The summed E-state index contributed by atoms with van der Waals surface area (Å²) in [6.07, 6.45) is 1.09. The molecule has 1 aliphatic rings. The number of benzene rings is 2. The number of hydrogen-bond donors (Lipinski definition) is 3. The molecule has 0 bridgehead atoms. The standard InChI is InChI=1S/C21H28N2O5S.ClH/c1-21(2)20(24)19(22-11-10-14-8-6-5-7-9-14)15-12-18(27-3)16(13-17(15)28-21)23-29(4,25)26;/h5-9,12-13,19-20,22-24H,10-11H2,1-4H3;1H/t19-,20+;/m0./s1. The fourth-order valence-corrected chi connectivity index (χ4v) is 4.07. The van der Waals surface area contributed by atoms with Gasteiger partial charge in [-0.3, -0.25) is 4.72 Å². The van der Waals surface area contributed by atoms with Gasteiger partial charge in [0.1, 0.15) is 23.2 Å². The first-order valence-electron chi connectivity index (χ1n) is 9.45. The lowest BCUT2D eigenvalue weighted by atomic mass is 9.86. The van der Waals surface area contributed by atoms with Crippen LogP contribution in [0.1, 0.15) is 31.0 Å². The second kappa shape index (κ2) is 9.43. The third-order valence-electron chi connectivity index (χ3n) is 4.98. The van der Waals surface area contributed by atoms with E-state index in [0.717, 1.165) is 18.2 Å². The zero-order chi connectivity index (χ0) is 21.2. The molecule has 7 nitrogen and oxygen atoms in total. The molecule has 1 heterocycles. The van der Waals surface area contributed by atoms with Gasteiger partial charge in [0, 0.05) is 11.6 Å². The van der Waals surface area contributed by atoms with Crippen molar-refractivity contribution in [2.24, 2.45) is 0 Å². The molecule has 0 spiro atoms. The Morgan fingerprint density at radius 3 is 2.47 bits per heavy atom. The second-order valence-electron chi connectivity index (χ2n) is 7.78. The minimum Gasteiger partial charge on any atom is -0.495 e. The lowest BCUT2D eigenvalue weighted by Gasteiger charge is -2.42.